The normalized spacial score (nSPS) is 49.4. The molecule has 7 fully saturated rings. The first kappa shape index (κ1) is 46.4. The quantitative estimate of drug-likeness (QED) is 0.0974. The predicted molar refractivity (Wildman–Crippen MR) is 221 cm³/mol. The average molecular weight is 889 g/mol. The molecule has 21 atom stereocenters. The van der Waals surface area contributed by atoms with Crippen LogP contribution in [0.15, 0.2) is 36.8 Å². The third-order valence-electron chi connectivity index (χ3n) is 16.9. The van der Waals surface area contributed by atoms with Gasteiger partial charge in [-0.1, -0.05) is 27.0 Å². The molecule has 16 nitrogen and oxygen atoms in total. The van der Waals surface area contributed by atoms with Crippen LogP contribution in [0, 0.1) is 34.5 Å². The molecule has 4 aliphatic carbocycles. The van der Waals surface area contributed by atoms with Gasteiger partial charge in [0.2, 0.25) is 0 Å². The fourth-order valence-electron chi connectivity index (χ4n) is 13.7. The Kier molecular flexibility index (Phi) is 13.8. The summed E-state index contributed by atoms with van der Waals surface area (Å²) in [5, 5.41) is 24.7. The zero-order chi connectivity index (χ0) is 44.8. The van der Waals surface area contributed by atoms with Crippen LogP contribution in [0.25, 0.3) is 0 Å². The van der Waals surface area contributed by atoms with Crippen molar-refractivity contribution in [3.63, 3.8) is 0 Å². The van der Waals surface area contributed by atoms with Gasteiger partial charge >= 0.3 is 0 Å². The van der Waals surface area contributed by atoms with Gasteiger partial charge in [0, 0.05) is 24.7 Å². The van der Waals surface area contributed by atoms with E-state index < -0.39 is 90.9 Å². The smallest absolute Gasteiger partial charge is 0.293 e. The summed E-state index contributed by atoms with van der Waals surface area (Å²) in [6, 6.07) is 0. The Hall–Kier alpha value is -3.09. The van der Waals surface area contributed by atoms with Crippen LogP contribution in [-0.2, 0) is 66.5 Å². The monoisotopic (exact) mass is 888 g/mol. The van der Waals surface area contributed by atoms with Crippen LogP contribution >= 0.6 is 0 Å². The van der Waals surface area contributed by atoms with Crippen LogP contribution in [0.3, 0.4) is 0 Å². The second-order valence-electron chi connectivity index (χ2n) is 19.8. The molecule has 4 heterocycles. The summed E-state index contributed by atoms with van der Waals surface area (Å²) in [5.41, 5.74) is -0.530. The highest BCUT2D eigenvalue weighted by Crippen LogP contribution is 2.70. The summed E-state index contributed by atoms with van der Waals surface area (Å²) >= 11 is 0. The largest absolute Gasteiger partial charge is 0.492 e. The molecule has 2 N–H and O–H groups in total. The maximum atomic E-state index is 12.7. The Morgan fingerprint density at radius 1 is 0.698 bits per heavy atom. The minimum atomic E-state index is -0.962. The number of hydrogen-bond acceptors (Lipinski definition) is 16. The maximum Gasteiger partial charge on any atom is 0.293 e. The highest BCUT2D eigenvalue weighted by atomic mass is 16.7. The van der Waals surface area contributed by atoms with Gasteiger partial charge in [0.05, 0.1) is 42.4 Å². The number of fused-ring (bicyclic) bond motifs is 5. The minimum absolute atomic E-state index is 0.0565. The van der Waals surface area contributed by atoms with Crippen molar-refractivity contribution in [1.29, 1.82) is 0 Å². The molecular formula is C47H68O16. The molecule has 8 rings (SSSR count). The van der Waals surface area contributed by atoms with Crippen molar-refractivity contribution >= 4 is 19.4 Å². The maximum absolute atomic E-state index is 12.7. The third kappa shape index (κ3) is 8.49. The van der Waals surface area contributed by atoms with Gasteiger partial charge in [-0.2, -0.15) is 0 Å². The number of aliphatic hydroxyl groups is 2. The molecule has 4 saturated carbocycles. The minimum Gasteiger partial charge on any atom is -0.492 e. The van der Waals surface area contributed by atoms with E-state index in [9.17, 15) is 24.6 Å². The Bertz CT molecular complexity index is 1710. The van der Waals surface area contributed by atoms with E-state index in [0.717, 1.165) is 44.1 Å². The van der Waals surface area contributed by atoms with Crippen molar-refractivity contribution in [3.8, 4) is 0 Å². The van der Waals surface area contributed by atoms with Gasteiger partial charge in [-0.3, -0.25) is 14.4 Å². The van der Waals surface area contributed by atoms with E-state index in [1.54, 1.807) is 13.8 Å². The average Bonchev–Trinajstić information content (AvgIpc) is 3.79. The number of ether oxygens (including phenoxy) is 11. The van der Waals surface area contributed by atoms with Gasteiger partial charge in [-0.05, 0) is 113 Å². The fraction of sp³-hybridized carbons (Fsp3) is 0.809. The topological polar surface area (TPSA) is 193 Å². The van der Waals surface area contributed by atoms with Gasteiger partial charge in [-0.25, -0.2) is 0 Å². The zero-order valence-corrected chi connectivity index (χ0v) is 37.3. The van der Waals surface area contributed by atoms with E-state index in [-0.39, 0.29) is 48.5 Å². The van der Waals surface area contributed by atoms with Crippen LogP contribution < -0.4 is 0 Å². The third-order valence-corrected chi connectivity index (χ3v) is 16.9. The van der Waals surface area contributed by atoms with Crippen molar-refractivity contribution in [2.45, 2.75) is 197 Å². The lowest BCUT2D eigenvalue weighted by molar-refractivity contribution is -0.336. The summed E-state index contributed by atoms with van der Waals surface area (Å²) in [6.45, 7) is 19.0. The van der Waals surface area contributed by atoms with E-state index in [2.05, 4.69) is 27.0 Å². The molecule has 3 saturated heterocycles. The number of carbonyl (C=O) groups excluding carboxylic acids is 3. The molecular weight excluding hydrogens is 821 g/mol. The van der Waals surface area contributed by atoms with Gasteiger partial charge in [0.15, 0.2) is 25.0 Å². The molecule has 0 aromatic rings. The Morgan fingerprint density at radius 2 is 1.25 bits per heavy atom. The van der Waals surface area contributed by atoms with Crippen LogP contribution in [-0.4, -0.2) is 128 Å². The number of hydrogen-bond donors (Lipinski definition) is 2. The molecule has 352 valence electrons. The second kappa shape index (κ2) is 18.7. The van der Waals surface area contributed by atoms with E-state index in [1.807, 2.05) is 13.0 Å². The Balaban J connectivity index is 0.869. The number of allylic oxidation sites excluding steroid dienone is 1. The molecule has 0 radical (unpaired) electrons. The molecule has 0 amide bonds. The van der Waals surface area contributed by atoms with Gasteiger partial charge in [-0.15, -0.1) is 0 Å². The molecule has 63 heavy (non-hydrogen) atoms. The van der Waals surface area contributed by atoms with Crippen molar-refractivity contribution in [1.82, 2.24) is 0 Å². The SMILES string of the molecule is C=CO[C@H]1[C@@H](OC=O)C[C@H](O[C@H]2[C@@H](OC=O)C[C@H](O[C@H]3[C@@H](OC=O)C[C@H](O[C@H]4CC[C@]5(C)C6C[C@@H](O)[C@]7(C)[C@@H](C8=CC(=C)OC8)CC[C@]7(O)C6CC[C@@H]5C4)O[C@@H]3C)O[C@@H]2C)O[C@@H]1C. The van der Waals surface area contributed by atoms with Crippen molar-refractivity contribution < 1.29 is 76.7 Å². The molecule has 8 aliphatic rings. The first-order valence-electron chi connectivity index (χ1n) is 23.1. The lowest BCUT2D eigenvalue weighted by atomic mass is 9.42. The first-order chi connectivity index (χ1) is 30.2. The van der Waals surface area contributed by atoms with Crippen LogP contribution in [0.2, 0.25) is 0 Å². The van der Waals surface area contributed by atoms with Crippen molar-refractivity contribution in [3.05, 3.63) is 36.8 Å². The summed E-state index contributed by atoms with van der Waals surface area (Å²) in [7, 11) is 0. The van der Waals surface area contributed by atoms with Gasteiger partial charge in [0.1, 0.15) is 42.9 Å². The molecule has 0 aromatic carbocycles. The molecule has 0 spiro atoms. The highest BCUT2D eigenvalue weighted by molar-refractivity contribution is 5.38. The van der Waals surface area contributed by atoms with Gasteiger partial charge < -0.3 is 62.3 Å². The second-order valence-corrected chi connectivity index (χ2v) is 19.8. The number of carbonyl (C=O) groups is 3. The number of rotatable bonds is 15. The van der Waals surface area contributed by atoms with E-state index in [4.69, 9.17) is 52.1 Å². The van der Waals surface area contributed by atoms with Crippen molar-refractivity contribution in [2.75, 3.05) is 6.61 Å². The summed E-state index contributed by atoms with van der Waals surface area (Å²) in [5.74, 6) is 1.35. The van der Waals surface area contributed by atoms with Crippen LogP contribution in [0.5, 0.6) is 0 Å². The van der Waals surface area contributed by atoms with E-state index in [0.29, 0.717) is 50.5 Å². The Morgan fingerprint density at radius 3 is 1.79 bits per heavy atom. The van der Waals surface area contributed by atoms with Crippen LogP contribution in [0.4, 0.5) is 0 Å². The van der Waals surface area contributed by atoms with E-state index in [1.165, 1.54) is 6.26 Å². The lowest BCUT2D eigenvalue weighted by Crippen LogP contribution is -2.67. The number of aliphatic hydroxyl groups excluding tert-OH is 1. The fourth-order valence-corrected chi connectivity index (χ4v) is 13.7. The van der Waals surface area contributed by atoms with Crippen molar-refractivity contribution in [2.24, 2.45) is 34.5 Å². The zero-order valence-electron chi connectivity index (χ0n) is 37.3. The molecule has 2 unspecified atom stereocenters. The molecule has 0 bridgehead atoms. The summed E-state index contributed by atoms with van der Waals surface area (Å²) in [6.07, 6.45) is 1.35. The van der Waals surface area contributed by atoms with E-state index >= 15 is 0 Å². The van der Waals surface area contributed by atoms with Crippen LogP contribution in [0.1, 0.15) is 105 Å². The highest BCUT2D eigenvalue weighted by Gasteiger charge is 2.71. The lowest BCUT2D eigenvalue weighted by Gasteiger charge is -2.65. The summed E-state index contributed by atoms with van der Waals surface area (Å²) < 4.78 is 65.9. The molecule has 4 aliphatic heterocycles. The molecule has 0 aromatic heterocycles. The van der Waals surface area contributed by atoms with Gasteiger partial charge in [0.25, 0.3) is 19.4 Å². The summed E-state index contributed by atoms with van der Waals surface area (Å²) in [4.78, 5) is 34.8. The molecule has 16 heteroatoms. The standard InChI is InChI=1S/C47H68O16/c1-8-53-42-26(3)58-40(18-35(42)55-22-48)62-44-28(5)60-41(20-37(44)57-24-50)63-43-27(4)59-39(19-36(43)56-23-49)61-31-11-13-45(6)30(16-31)9-10-33-34(45)17-38(51)46(7)32(12-14-47(33,46)52)29-15-25(2)54-21-29/h8,15,22-24,26-28,30-44,51-52H,1-2,9-14,16-21H2,3-7H3/t26-,27-,28-,30-,31+,32-,33?,34?,35+,36+,37+,38-,39+,40+,41+,42-,43-,44-,45+,46+,47+/m1/s1. The first-order valence-corrected chi connectivity index (χ1v) is 23.1. The predicted octanol–water partition coefficient (Wildman–Crippen LogP) is 4.92. The Labute approximate surface area is 370 Å².